The molecule has 134 valence electrons. The number of nitrogens with zero attached hydrogens (tertiary/aromatic N) is 2. The van der Waals surface area contributed by atoms with E-state index in [1.54, 1.807) is 17.8 Å². The maximum atomic E-state index is 12.0. The predicted octanol–water partition coefficient (Wildman–Crippen LogP) is 0.806. The van der Waals surface area contributed by atoms with Crippen molar-refractivity contribution >= 4 is 5.91 Å². The highest BCUT2D eigenvalue weighted by atomic mass is 16.2. The number of aromatic amines is 2. The summed E-state index contributed by atoms with van der Waals surface area (Å²) in [5, 5.41) is 6.99. The quantitative estimate of drug-likeness (QED) is 0.608. The van der Waals surface area contributed by atoms with Gasteiger partial charge in [-0.2, -0.15) is 5.10 Å². The van der Waals surface area contributed by atoms with Crippen LogP contribution in [-0.2, 0) is 17.8 Å². The van der Waals surface area contributed by atoms with Crippen LogP contribution in [0.1, 0.15) is 23.2 Å². The first kappa shape index (κ1) is 17.4. The lowest BCUT2D eigenvalue weighted by Crippen LogP contribution is -2.29. The molecule has 0 aliphatic carbocycles. The Bertz CT molecular complexity index is 1000. The number of aryl methyl sites for hydroxylation is 1. The number of rotatable bonds is 6. The average Bonchev–Trinajstić information content (AvgIpc) is 3.14. The standard InChI is InChI=1S/C18H19N5O3/c1-12-15(17(25)22-18(26)21-12)7-8-16(24)19-11-13-3-5-14(6-4-13)23-10-2-9-20-23/h2-6,9-10H,7-8,11H2,1H3,(H,19,24)(H2,21,22,25,26). The smallest absolute Gasteiger partial charge is 0.325 e. The second-order valence-electron chi connectivity index (χ2n) is 5.91. The number of carbonyl (C=O) groups excluding carboxylic acids is 1. The monoisotopic (exact) mass is 353 g/mol. The molecule has 0 fully saturated rings. The molecule has 1 aromatic carbocycles. The fraction of sp³-hybridized carbons (Fsp3) is 0.222. The lowest BCUT2D eigenvalue weighted by Gasteiger charge is -2.07. The lowest BCUT2D eigenvalue weighted by molar-refractivity contribution is -0.121. The zero-order valence-corrected chi connectivity index (χ0v) is 14.3. The number of H-pyrrole nitrogens is 2. The highest BCUT2D eigenvalue weighted by Gasteiger charge is 2.09. The van der Waals surface area contributed by atoms with Gasteiger partial charge in [0.25, 0.3) is 5.56 Å². The number of benzene rings is 1. The van der Waals surface area contributed by atoms with Crippen molar-refractivity contribution in [1.29, 1.82) is 0 Å². The van der Waals surface area contributed by atoms with Crippen LogP contribution in [0, 0.1) is 6.92 Å². The van der Waals surface area contributed by atoms with Crippen molar-refractivity contribution in [1.82, 2.24) is 25.1 Å². The molecule has 26 heavy (non-hydrogen) atoms. The summed E-state index contributed by atoms with van der Waals surface area (Å²) < 4.78 is 1.76. The van der Waals surface area contributed by atoms with Crippen LogP contribution in [0.3, 0.4) is 0 Å². The van der Waals surface area contributed by atoms with E-state index in [4.69, 9.17) is 0 Å². The number of carbonyl (C=O) groups is 1. The molecule has 0 unspecified atom stereocenters. The lowest BCUT2D eigenvalue weighted by atomic mass is 10.1. The Morgan fingerprint density at radius 2 is 1.96 bits per heavy atom. The van der Waals surface area contributed by atoms with Gasteiger partial charge < -0.3 is 10.3 Å². The highest BCUT2D eigenvalue weighted by Crippen LogP contribution is 2.08. The molecule has 0 bridgehead atoms. The number of amides is 1. The van der Waals surface area contributed by atoms with Gasteiger partial charge in [0.2, 0.25) is 5.91 Å². The van der Waals surface area contributed by atoms with E-state index in [0.29, 0.717) is 17.8 Å². The molecule has 0 saturated heterocycles. The molecule has 0 saturated carbocycles. The summed E-state index contributed by atoms with van der Waals surface area (Å²) in [5.41, 5.74) is 1.82. The molecular weight excluding hydrogens is 334 g/mol. The van der Waals surface area contributed by atoms with E-state index in [1.807, 2.05) is 36.5 Å². The van der Waals surface area contributed by atoms with E-state index in [1.165, 1.54) is 0 Å². The van der Waals surface area contributed by atoms with Gasteiger partial charge in [0.1, 0.15) is 0 Å². The molecule has 3 rings (SSSR count). The normalized spacial score (nSPS) is 10.7. The fourth-order valence-electron chi connectivity index (χ4n) is 2.64. The first-order valence-corrected chi connectivity index (χ1v) is 8.20. The Morgan fingerprint density at radius 1 is 1.19 bits per heavy atom. The van der Waals surface area contributed by atoms with Gasteiger partial charge in [-0.3, -0.25) is 14.6 Å². The first-order valence-electron chi connectivity index (χ1n) is 8.20. The van der Waals surface area contributed by atoms with Crippen LogP contribution in [0.5, 0.6) is 0 Å². The highest BCUT2D eigenvalue weighted by molar-refractivity contribution is 5.76. The van der Waals surface area contributed by atoms with Crippen molar-refractivity contribution in [2.24, 2.45) is 0 Å². The Kier molecular flexibility index (Phi) is 5.12. The van der Waals surface area contributed by atoms with Crippen LogP contribution >= 0.6 is 0 Å². The summed E-state index contributed by atoms with van der Waals surface area (Å²) in [4.78, 5) is 39.7. The number of hydrogen-bond donors (Lipinski definition) is 3. The average molecular weight is 353 g/mol. The van der Waals surface area contributed by atoms with Gasteiger partial charge in [-0.25, -0.2) is 9.48 Å². The van der Waals surface area contributed by atoms with Crippen LogP contribution in [0.2, 0.25) is 0 Å². The minimum absolute atomic E-state index is 0.161. The Hall–Kier alpha value is -3.42. The summed E-state index contributed by atoms with van der Waals surface area (Å²) in [6.07, 6.45) is 4.00. The van der Waals surface area contributed by atoms with Crippen molar-refractivity contribution < 1.29 is 4.79 Å². The van der Waals surface area contributed by atoms with Gasteiger partial charge in [0.05, 0.1) is 5.69 Å². The molecule has 0 spiro atoms. The zero-order valence-electron chi connectivity index (χ0n) is 14.3. The third-order valence-electron chi connectivity index (χ3n) is 4.05. The van der Waals surface area contributed by atoms with Gasteiger partial charge in [-0.15, -0.1) is 0 Å². The van der Waals surface area contributed by atoms with E-state index in [0.717, 1.165) is 11.3 Å². The van der Waals surface area contributed by atoms with E-state index in [2.05, 4.69) is 20.4 Å². The Morgan fingerprint density at radius 3 is 2.62 bits per heavy atom. The summed E-state index contributed by atoms with van der Waals surface area (Å²) in [5.74, 6) is -0.161. The Labute approximate surface area is 148 Å². The molecule has 0 aliphatic heterocycles. The third kappa shape index (κ3) is 4.15. The van der Waals surface area contributed by atoms with E-state index < -0.39 is 11.2 Å². The number of hydrogen-bond acceptors (Lipinski definition) is 4. The summed E-state index contributed by atoms with van der Waals surface area (Å²) in [7, 11) is 0. The molecule has 0 radical (unpaired) electrons. The molecule has 2 aromatic heterocycles. The minimum atomic E-state index is -0.542. The summed E-state index contributed by atoms with van der Waals surface area (Å²) in [6, 6.07) is 9.56. The number of aromatic nitrogens is 4. The SMILES string of the molecule is Cc1[nH]c(=O)[nH]c(=O)c1CCC(=O)NCc1ccc(-n2cccn2)cc1. The summed E-state index contributed by atoms with van der Waals surface area (Å²) in [6.45, 7) is 2.05. The molecule has 0 atom stereocenters. The Balaban J connectivity index is 1.53. The molecular formula is C18H19N5O3. The van der Waals surface area contributed by atoms with Gasteiger partial charge in [-0.05, 0) is 37.1 Å². The van der Waals surface area contributed by atoms with E-state index in [-0.39, 0.29) is 18.7 Å². The predicted molar refractivity (Wildman–Crippen MR) is 96.2 cm³/mol. The van der Waals surface area contributed by atoms with Crippen LogP contribution in [0.25, 0.3) is 5.69 Å². The van der Waals surface area contributed by atoms with E-state index >= 15 is 0 Å². The van der Waals surface area contributed by atoms with Crippen LogP contribution in [0.15, 0.2) is 52.3 Å². The second kappa shape index (κ2) is 7.64. The van der Waals surface area contributed by atoms with Crippen LogP contribution in [-0.4, -0.2) is 25.7 Å². The molecule has 3 N–H and O–H groups in total. The second-order valence-corrected chi connectivity index (χ2v) is 5.91. The van der Waals surface area contributed by atoms with Gasteiger partial charge in [0, 0.05) is 36.6 Å². The largest absolute Gasteiger partial charge is 0.352 e. The van der Waals surface area contributed by atoms with Crippen molar-refractivity contribution in [2.45, 2.75) is 26.3 Å². The zero-order chi connectivity index (χ0) is 18.5. The van der Waals surface area contributed by atoms with Crippen molar-refractivity contribution in [2.75, 3.05) is 0 Å². The van der Waals surface area contributed by atoms with Gasteiger partial charge >= 0.3 is 5.69 Å². The molecule has 8 nitrogen and oxygen atoms in total. The van der Waals surface area contributed by atoms with Crippen LogP contribution in [0.4, 0.5) is 0 Å². The van der Waals surface area contributed by atoms with Crippen molar-refractivity contribution in [3.8, 4) is 5.69 Å². The van der Waals surface area contributed by atoms with Crippen LogP contribution < -0.4 is 16.6 Å². The molecule has 2 heterocycles. The first-order chi connectivity index (χ1) is 12.5. The van der Waals surface area contributed by atoms with E-state index in [9.17, 15) is 14.4 Å². The van der Waals surface area contributed by atoms with Crippen molar-refractivity contribution in [3.63, 3.8) is 0 Å². The fourth-order valence-corrected chi connectivity index (χ4v) is 2.64. The molecule has 0 aliphatic rings. The number of nitrogens with one attached hydrogen (secondary N) is 3. The maximum absolute atomic E-state index is 12.0. The third-order valence-corrected chi connectivity index (χ3v) is 4.05. The summed E-state index contributed by atoms with van der Waals surface area (Å²) >= 11 is 0. The molecule has 8 heteroatoms. The molecule has 1 amide bonds. The minimum Gasteiger partial charge on any atom is -0.352 e. The maximum Gasteiger partial charge on any atom is 0.325 e. The topological polar surface area (TPSA) is 113 Å². The molecule has 3 aromatic rings. The van der Waals surface area contributed by atoms with Gasteiger partial charge in [0.15, 0.2) is 0 Å². The van der Waals surface area contributed by atoms with Gasteiger partial charge in [-0.1, -0.05) is 12.1 Å². The van der Waals surface area contributed by atoms with Crippen molar-refractivity contribution in [3.05, 3.63) is 80.4 Å².